The first-order valence-electron chi connectivity index (χ1n) is 11.4. The van der Waals surface area contributed by atoms with Crippen molar-refractivity contribution in [3.8, 4) is 0 Å². The molecule has 6 heteroatoms. The van der Waals surface area contributed by atoms with Gasteiger partial charge in [-0.05, 0) is 42.2 Å². The summed E-state index contributed by atoms with van der Waals surface area (Å²) >= 11 is 0. The summed E-state index contributed by atoms with van der Waals surface area (Å²) in [6.45, 7) is 1.28. The SMILES string of the molecule is CN(C)c1ccc([C@@H](CNC(=O)CN2CCCCCC2=O)c2c[nH]c3ccccc23)cc1. The van der Waals surface area contributed by atoms with E-state index in [1.165, 1.54) is 0 Å². The standard InChI is InChI=1S/C26H32N4O2/c1-29(2)20-13-11-19(12-14-20)22(23-17-27-24-9-6-5-8-21(23)24)16-28-25(31)18-30-15-7-3-4-10-26(30)32/h5-6,8-9,11-14,17,22,27H,3-4,7,10,15-16,18H2,1-2H3,(H,28,31)/t22-/m1/s1. The van der Waals surface area contributed by atoms with Crippen LogP contribution in [0.1, 0.15) is 42.7 Å². The number of nitrogens with zero attached hydrogens (tertiary/aromatic N) is 2. The Kier molecular flexibility index (Phi) is 6.78. The summed E-state index contributed by atoms with van der Waals surface area (Å²) in [5, 5.41) is 4.26. The minimum atomic E-state index is -0.102. The summed E-state index contributed by atoms with van der Waals surface area (Å²) in [7, 11) is 4.05. The molecule has 3 aromatic rings. The van der Waals surface area contributed by atoms with E-state index >= 15 is 0 Å². The third-order valence-electron chi connectivity index (χ3n) is 6.32. The van der Waals surface area contributed by atoms with Crippen molar-refractivity contribution >= 4 is 28.4 Å². The molecule has 0 aliphatic carbocycles. The molecule has 1 saturated heterocycles. The molecule has 0 unspecified atom stereocenters. The molecule has 2 N–H and O–H groups in total. The van der Waals surface area contributed by atoms with Gasteiger partial charge < -0.3 is 20.1 Å². The first kappa shape index (κ1) is 21.9. The Hall–Kier alpha value is -3.28. The van der Waals surface area contributed by atoms with Gasteiger partial charge in [0.05, 0.1) is 6.54 Å². The largest absolute Gasteiger partial charge is 0.378 e. The second-order valence-corrected chi connectivity index (χ2v) is 8.76. The quantitative estimate of drug-likeness (QED) is 0.595. The number of H-pyrrole nitrogens is 1. The van der Waals surface area contributed by atoms with Crippen molar-refractivity contribution in [2.24, 2.45) is 0 Å². The van der Waals surface area contributed by atoms with Crippen molar-refractivity contribution in [1.29, 1.82) is 0 Å². The zero-order chi connectivity index (χ0) is 22.5. The summed E-state index contributed by atoms with van der Waals surface area (Å²) in [4.78, 5) is 32.2. The van der Waals surface area contributed by atoms with Gasteiger partial charge in [0.1, 0.15) is 0 Å². The fourth-order valence-electron chi connectivity index (χ4n) is 4.45. The molecule has 1 aromatic heterocycles. The van der Waals surface area contributed by atoms with Crippen molar-refractivity contribution in [3.63, 3.8) is 0 Å². The van der Waals surface area contributed by atoms with Crippen LogP contribution in [-0.4, -0.2) is 55.4 Å². The maximum absolute atomic E-state index is 12.8. The molecular formula is C26H32N4O2. The number of aromatic amines is 1. The minimum absolute atomic E-state index is 0.00569. The fourth-order valence-corrected chi connectivity index (χ4v) is 4.45. The van der Waals surface area contributed by atoms with Crippen LogP contribution in [-0.2, 0) is 9.59 Å². The number of likely N-dealkylation sites (tertiary alicyclic amines) is 1. The number of para-hydroxylation sites is 1. The predicted molar refractivity (Wildman–Crippen MR) is 129 cm³/mol. The molecule has 6 nitrogen and oxygen atoms in total. The molecule has 1 fully saturated rings. The summed E-state index contributed by atoms with van der Waals surface area (Å²) < 4.78 is 0. The third kappa shape index (κ3) is 4.96. The molecule has 2 aromatic carbocycles. The van der Waals surface area contributed by atoms with Crippen molar-refractivity contribution in [3.05, 3.63) is 65.9 Å². The molecule has 1 aliphatic rings. The van der Waals surface area contributed by atoms with E-state index in [2.05, 4.69) is 51.6 Å². The van der Waals surface area contributed by atoms with Crippen LogP contribution in [0, 0.1) is 0 Å². The van der Waals surface area contributed by atoms with Gasteiger partial charge >= 0.3 is 0 Å². The van der Waals surface area contributed by atoms with Gasteiger partial charge in [0.2, 0.25) is 11.8 Å². The monoisotopic (exact) mass is 432 g/mol. The summed E-state index contributed by atoms with van der Waals surface area (Å²) in [6, 6.07) is 16.7. The van der Waals surface area contributed by atoms with E-state index in [1.54, 1.807) is 4.90 Å². The minimum Gasteiger partial charge on any atom is -0.378 e. The van der Waals surface area contributed by atoms with E-state index in [4.69, 9.17) is 0 Å². The van der Waals surface area contributed by atoms with Crippen LogP contribution in [0.5, 0.6) is 0 Å². The number of amides is 2. The number of aromatic nitrogens is 1. The molecule has 4 rings (SSSR count). The van der Waals surface area contributed by atoms with Gasteiger partial charge in [-0.1, -0.05) is 36.8 Å². The Morgan fingerprint density at radius 1 is 1.09 bits per heavy atom. The molecule has 2 amide bonds. The lowest BCUT2D eigenvalue weighted by Gasteiger charge is -2.22. The molecule has 2 heterocycles. The van der Waals surface area contributed by atoms with Gasteiger partial charge in [-0.15, -0.1) is 0 Å². The van der Waals surface area contributed by atoms with Crippen molar-refractivity contribution in [2.45, 2.75) is 31.6 Å². The van der Waals surface area contributed by atoms with Crippen LogP contribution < -0.4 is 10.2 Å². The van der Waals surface area contributed by atoms with Gasteiger partial charge in [0.15, 0.2) is 0 Å². The van der Waals surface area contributed by atoms with E-state index in [0.29, 0.717) is 19.5 Å². The molecule has 1 aliphatic heterocycles. The molecule has 32 heavy (non-hydrogen) atoms. The zero-order valence-electron chi connectivity index (χ0n) is 18.9. The molecular weight excluding hydrogens is 400 g/mol. The number of fused-ring (bicyclic) bond motifs is 1. The molecule has 0 saturated carbocycles. The van der Waals surface area contributed by atoms with E-state index in [9.17, 15) is 9.59 Å². The second kappa shape index (κ2) is 9.90. The molecule has 0 spiro atoms. The summed E-state index contributed by atoms with van der Waals surface area (Å²) in [5.74, 6) is -0.00810. The van der Waals surface area contributed by atoms with Crippen LogP contribution >= 0.6 is 0 Å². The molecule has 0 bridgehead atoms. The highest BCUT2D eigenvalue weighted by atomic mass is 16.2. The van der Waals surface area contributed by atoms with Crippen molar-refractivity contribution in [2.75, 3.05) is 38.6 Å². The maximum atomic E-state index is 12.8. The van der Waals surface area contributed by atoms with Gasteiger partial charge in [-0.25, -0.2) is 0 Å². The van der Waals surface area contributed by atoms with Crippen LogP contribution in [0.3, 0.4) is 0 Å². The third-order valence-corrected chi connectivity index (χ3v) is 6.32. The number of nitrogens with one attached hydrogen (secondary N) is 2. The maximum Gasteiger partial charge on any atom is 0.239 e. The predicted octanol–water partition coefficient (Wildman–Crippen LogP) is 3.88. The Balaban J connectivity index is 1.54. The van der Waals surface area contributed by atoms with Gasteiger partial charge in [0, 0.05) is 62.3 Å². The van der Waals surface area contributed by atoms with E-state index in [-0.39, 0.29) is 24.3 Å². The first-order chi connectivity index (χ1) is 15.5. The van der Waals surface area contributed by atoms with Gasteiger partial charge in [0.25, 0.3) is 0 Å². The smallest absolute Gasteiger partial charge is 0.239 e. The van der Waals surface area contributed by atoms with Crippen LogP contribution in [0.15, 0.2) is 54.7 Å². The number of rotatable bonds is 7. The Morgan fingerprint density at radius 2 is 1.88 bits per heavy atom. The fraction of sp³-hybridized carbons (Fsp3) is 0.385. The lowest BCUT2D eigenvalue weighted by Crippen LogP contribution is -2.41. The number of carbonyl (C=O) groups excluding carboxylic acids is 2. The number of hydrogen-bond donors (Lipinski definition) is 2. The Bertz CT molecular complexity index is 1070. The zero-order valence-corrected chi connectivity index (χ0v) is 18.9. The van der Waals surface area contributed by atoms with Gasteiger partial charge in [-0.2, -0.15) is 0 Å². The topological polar surface area (TPSA) is 68.4 Å². The highest BCUT2D eigenvalue weighted by molar-refractivity contribution is 5.86. The normalized spacial score (nSPS) is 15.4. The van der Waals surface area contributed by atoms with Crippen LogP contribution in [0.4, 0.5) is 5.69 Å². The highest BCUT2D eigenvalue weighted by Crippen LogP contribution is 2.31. The number of hydrogen-bond acceptors (Lipinski definition) is 3. The van der Waals surface area contributed by atoms with E-state index < -0.39 is 0 Å². The lowest BCUT2D eigenvalue weighted by atomic mass is 9.90. The summed E-state index contributed by atoms with van der Waals surface area (Å²) in [5.41, 5.74) is 4.52. The number of anilines is 1. The van der Waals surface area contributed by atoms with Crippen LogP contribution in [0.25, 0.3) is 10.9 Å². The van der Waals surface area contributed by atoms with Crippen LogP contribution in [0.2, 0.25) is 0 Å². The average Bonchev–Trinajstić information content (AvgIpc) is 3.12. The van der Waals surface area contributed by atoms with Crippen molar-refractivity contribution in [1.82, 2.24) is 15.2 Å². The second-order valence-electron chi connectivity index (χ2n) is 8.76. The number of benzene rings is 2. The molecule has 0 radical (unpaired) electrons. The molecule has 168 valence electrons. The van der Waals surface area contributed by atoms with Crippen molar-refractivity contribution < 1.29 is 9.59 Å². The average molecular weight is 433 g/mol. The molecule has 1 atom stereocenters. The Labute approximate surface area is 189 Å². The summed E-state index contributed by atoms with van der Waals surface area (Å²) in [6.07, 6.45) is 5.52. The lowest BCUT2D eigenvalue weighted by molar-refractivity contribution is -0.135. The highest BCUT2D eigenvalue weighted by Gasteiger charge is 2.22. The van der Waals surface area contributed by atoms with E-state index in [0.717, 1.165) is 47.0 Å². The first-order valence-corrected chi connectivity index (χ1v) is 11.4. The number of carbonyl (C=O) groups is 2. The Morgan fingerprint density at radius 3 is 2.66 bits per heavy atom. The van der Waals surface area contributed by atoms with E-state index in [1.807, 2.05) is 32.4 Å². The van der Waals surface area contributed by atoms with Gasteiger partial charge in [-0.3, -0.25) is 9.59 Å².